The van der Waals surface area contributed by atoms with Gasteiger partial charge in [0.2, 0.25) is 0 Å². The third-order valence-electron chi connectivity index (χ3n) is 4.68. The van der Waals surface area contributed by atoms with E-state index in [-0.39, 0.29) is 0 Å². The molecule has 1 saturated heterocycles. The molecule has 0 bridgehead atoms. The fourth-order valence-corrected chi connectivity index (χ4v) is 3.30. The van der Waals surface area contributed by atoms with Gasteiger partial charge in [0.1, 0.15) is 0 Å². The van der Waals surface area contributed by atoms with Crippen LogP contribution in [0.25, 0.3) is 0 Å². The molecule has 0 amide bonds. The lowest BCUT2D eigenvalue weighted by Gasteiger charge is -2.41. The van der Waals surface area contributed by atoms with Gasteiger partial charge in [0.25, 0.3) is 0 Å². The SMILES string of the molecule is CCc1ccccc1C(CN)N1CCC(C)C(OC)C1. The summed E-state index contributed by atoms with van der Waals surface area (Å²) in [5.74, 6) is 0.635. The minimum atomic E-state index is 0.316. The van der Waals surface area contributed by atoms with Crippen molar-refractivity contribution < 1.29 is 4.74 Å². The minimum Gasteiger partial charge on any atom is -0.380 e. The predicted octanol–water partition coefficient (Wildman–Crippen LogP) is 2.61. The van der Waals surface area contributed by atoms with Crippen LogP contribution < -0.4 is 5.73 Å². The zero-order chi connectivity index (χ0) is 14.5. The van der Waals surface area contributed by atoms with Crippen molar-refractivity contribution in [3.63, 3.8) is 0 Å². The molecule has 1 aliphatic heterocycles. The van der Waals surface area contributed by atoms with E-state index in [1.54, 1.807) is 0 Å². The number of hydrogen-bond acceptors (Lipinski definition) is 3. The van der Waals surface area contributed by atoms with Gasteiger partial charge >= 0.3 is 0 Å². The van der Waals surface area contributed by atoms with Gasteiger partial charge in [-0.2, -0.15) is 0 Å². The number of ether oxygens (including phenoxy) is 1. The molecule has 0 saturated carbocycles. The highest BCUT2D eigenvalue weighted by Crippen LogP contribution is 2.29. The summed E-state index contributed by atoms with van der Waals surface area (Å²) >= 11 is 0. The highest BCUT2D eigenvalue weighted by Gasteiger charge is 2.30. The molecule has 1 aromatic carbocycles. The topological polar surface area (TPSA) is 38.5 Å². The van der Waals surface area contributed by atoms with Crippen molar-refractivity contribution in [2.24, 2.45) is 11.7 Å². The average molecular weight is 276 g/mol. The summed E-state index contributed by atoms with van der Waals surface area (Å²) in [7, 11) is 1.82. The molecule has 0 radical (unpaired) electrons. The molecule has 3 unspecified atom stereocenters. The molecular weight excluding hydrogens is 248 g/mol. The van der Waals surface area contributed by atoms with E-state index in [4.69, 9.17) is 10.5 Å². The molecule has 112 valence electrons. The highest BCUT2D eigenvalue weighted by atomic mass is 16.5. The summed E-state index contributed by atoms with van der Waals surface area (Å²) in [5.41, 5.74) is 8.90. The van der Waals surface area contributed by atoms with E-state index < -0.39 is 0 Å². The van der Waals surface area contributed by atoms with Crippen molar-refractivity contribution in [1.29, 1.82) is 0 Å². The van der Waals surface area contributed by atoms with Gasteiger partial charge in [-0.25, -0.2) is 0 Å². The lowest BCUT2D eigenvalue weighted by molar-refractivity contribution is -0.0184. The first kappa shape index (κ1) is 15.5. The van der Waals surface area contributed by atoms with E-state index in [9.17, 15) is 0 Å². The molecular formula is C17H28N2O. The number of hydrogen-bond donors (Lipinski definition) is 1. The Balaban J connectivity index is 2.19. The quantitative estimate of drug-likeness (QED) is 0.898. The van der Waals surface area contributed by atoms with E-state index in [0.717, 1.165) is 19.5 Å². The third-order valence-corrected chi connectivity index (χ3v) is 4.68. The van der Waals surface area contributed by atoms with Crippen molar-refractivity contribution in [1.82, 2.24) is 4.90 Å². The Morgan fingerprint density at radius 3 is 2.80 bits per heavy atom. The third kappa shape index (κ3) is 3.22. The standard InChI is InChI=1S/C17H28N2O/c1-4-14-7-5-6-8-15(14)16(11-18)19-10-9-13(2)17(12-19)20-3/h5-8,13,16-17H,4,9-12,18H2,1-3H3. The maximum absolute atomic E-state index is 6.10. The largest absolute Gasteiger partial charge is 0.380 e. The van der Waals surface area contributed by atoms with E-state index in [0.29, 0.717) is 24.6 Å². The number of aryl methyl sites for hydroxylation is 1. The van der Waals surface area contributed by atoms with Gasteiger partial charge in [0, 0.05) is 26.2 Å². The van der Waals surface area contributed by atoms with Crippen LogP contribution in [0.15, 0.2) is 24.3 Å². The van der Waals surface area contributed by atoms with Gasteiger partial charge in [-0.3, -0.25) is 4.90 Å². The smallest absolute Gasteiger partial charge is 0.0724 e. The summed E-state index contributed by atoms with van der Waals surface area (Å²) < 4.78 is 5.64. The summed E-state index contributed by atoms with van der Waals surface area (Å²) in [6, 6.07) is 9.01. The van der Waals surface area contributed by atoms with Crippen LogP contribution >= 0.6 is 0 Å². The number of benzene rings is 1. The molecule has 3 nitrogen and oxygen atoms in total. The molecule has 1 aliphatic rings. The highest BCUT2D eigenvalue weighted by molar-refractivity contribution is 5.30. The molecule has 0 aliphatic carbocycles. The van der Waals surface area contributed by atoms with Crippen LogP contribution in [-0.4, -0.2) is 37.7 Å². The molecule has 20 heavy (non-hydrogen) atoms. The van der Waals surface area contributed by atoms with Gasteiger partial charge in [-0.15, -0.1) is 0 Å². The fraction of sp³-hybridized carbons (Fsp3) is 0.647. The Labute approximate surface area is 123 Å². The predicted molar refractivity (Wildman–Crippen MR) is 83.8 cm³/mol. The van der Waals surface area contributed by atoms with Crippen LogP contribution in [0.1, 0.15) is 37.4 Å². The van der Waals surface area contributed by atoms with E-state index >= 15 is 0 Å². The van der Waals surface area contributed by atoms with Gasteiger partial charge in [0.05, 0.1) is 6.10 Å². The zero-order valence-electron chi connectivity index (χ0n) is 13.0. The van der Waals surface area contributed by atoms with Crippen molar-refractivity contribution in [2.75, 3.05) is 26.7 Å². The molecule has 2 N–H and O–H groups in total. The Kier molecular flexibility index (Phi) is 5.58. The van der Waals surface area contributed by atoms with Crippen LogP contribution in [-0.2, 0) is 11.2 Å². The number of rotatable bonds is 5. The van der Waals surface area contributed by atoms with Crippen molar-refractivity contribution in [2.45, 2.75) is 38.8 Å². The van der Waals surface area contributed by atoms with E-state index in [1.807, 2.05) is 7.11 Å². The van der Waals surface area contributed by atoms with Crippen LogP contribution in [0.2, 0.25) is 0 Å². The fourth-order valence-electron chi connectivity index (χ4n) is 3.30. The number of nitrogens with zero attached hydrogens (tertiary/aromatic N) is 1. The van der Waals surface area contributed by atoms with Crippen LogP contribution in [0.5, 0.6) is 0 Å². The van der Waals surface area contributed by atoms with Crippen molar-refractivity contribution in [3.05, 3.63) is 35.4 Å². The first-order chi connectivity index (χ1) is 9.71. The first-order valence-corrected chi connectivity index (χ1v) is 7.75. The van der Waals surface area contributed by atoms with Gasteiger partial charge in [0.15, 0.2) is 0 Å². The first-order valence-electron chi connectivity index (χ1n) is 7.75. The average Bonchev–Trinajstić information content (AvgIpc) is 2.50. The van der Waals surface area contributed by atoms with Crippen LogP contribution in [0.3, 0.4) is 0 Å². The molecule has 3 atom stereocenters. The zero-order valence-corrected chi connectivity index (χ0v) is 13.0. The second-order valence-electron chi connectivity index (χ2n) is 5.84. The second kappa shape index (κ2) is 7.21. The van der Waals surface area contributed by atoms with Crippen LogP contribution in [0, 0.1) is 5.92 Å². The number of nitrogens with two attached hydrogens (primary N) is 1. The molecule has 2 rings (SSSR count). The maximum Gasteiger partial charge on any atom is 0.0724 e. The summed E-state index contributed by atoms with van der Waals surface area (Å²) in [4.78, 5) is 2.50. The van der Waals surface area contributed by atoms with E-state index in [1.165, 1.54) is 17.5 Å². The summed E-state index contributed by atoms with van der Waals surface area (Å²) in [6.45, 7) is 7.26. The molecule has 1 heterocycles. The van der Waals surface area contributed by atoms with Crippen molar-refractivity contribution >= 4 is 0 Å². The lowest BCUT2D eigenvalue weighted by atomic mass is 9.91. The molecule has 1 fully saturated rings. The molecule has 0 spiro atoms. The van der Waals surface area contributed by atoms with Gasteiger partial charge < -0.3 is 10.5 Å². The van der Waals surface area contributed by atoms with Crippen molar-refractivity contribution in [3.8, 4) is 0 Å². The van der Waals surface area contributed by atoms with E-state index in [2.05, 4.69) is 43.0 Å². The molecule has 1 aromatic rings. The maximum atomic E-state index is 6.10. The summed E-state index contributed by atoms with van der Waals surface area (Å²) in [6.07, 6.45) is 2.57. The Hall–Kier alpha value is -0.900. The lowest BCUT2D eigenvalue weighted by Crippen LogP contribution is -2.47. The Morgan fingerprint density at radius 2 is 2.15 bits per heavy atom. The Morgan fingerprint density at radius 1 is 1.40 bits per heavy atom. The number of likely N-dealkylation sites (tertiary alicyclic amines) is 1. The molecule has 0 aromatic heterocycles. The number of methoxy groups -OCH3 is 1. The van der Waals surface area contributed by atoms with Crippen LogP contribution in [0.4, 0.5) is 0 Å². The normalized spacial score (nSPS) is 25.6. The van der Waals surface area contributed by atoms with Gasteiger partial charge in [-0.05, 0) is 36.4 Å². The Bertz CT molecular complexity index is 421. The minimum absolute atomic E-state index is 0.316. The number of piperidine rings is 1. The van der Waals surface area contributed by atoms with Gasteiger partial charge in [-0.1, -0.05) is 38.1 Å². The monoisotopic (exact) mass is 276 g/mol. The second-order valence-corrected chi connectivity index (χ2v) is 5.84. The molecule has 3 heteroatoms. The summed E-state index contributed by atoms with van der Waals surface area (Å²) in [5, 5.41) is 0.